The van der Waals surface area contributed by atoms with Gasteiger partial charge in [0.25, 0.3) is 0 Å². The number of halogens is 3. The van der Waals surface area contributed by atoms with Gasteiger partial charge in [-0.25, -0.2) is 0 Å². The van der Waals surface area contributed by atoms with Crippen LogP contribution < -0.4 is 0 Å². The minimum absolute atomic E-state index is 0.334. The Morgan fingerprint density at radius 2 is 2.00 bits per heavy atom. The van der Waals surface area contributed by atoms with Gasteiger partial charge in [-0.15, -0.1) is 28.5 Å². The molecule has 0 saturated carbocycles. The summed E-state index contributed by atoms with van der Waals surface area (Å²) in [5.74, 6) is 0. The summed E-state index contributed by atoms with van der Waals surface area (Å²) in [6, 6.07) is 0. The second-order valence-electron chi connectivity index (χ2n) is 1.01. The van der Waals surface area contributed by atoms with Crippen molar-refractivity contribution in [2.45, 2.75) is 4.46 Å². The van der Waals surface area contributed by atoms with Gasteiger partial charge in [0.1, 0.15) is 4.46 Å². The van der Waals surface area contributed by atoms with E-state index in [1.54, 1.807) is 9.85 Å². The highest BCUT2D eigenvalue weighted by Crippen LogP contribution is 2.06. The van der Waals surface area contributed by atoms with Crippen LogP contribution in [0, 0.1) is 0 Å². The highest BCUT2D eigenvalue weighted by atomic mass is 35.6. The quantitative estimate of drug-likeness (QED) is 0.334. The molecule has 0 aliphatic heterocycles. The third-order valence-corrected chi connectivity index (χ3v) is 7.51. The fourth-order valence-corrected chi connectivity index (χ4v) is 2.78. The fraction of sp³-hybridized carbons (Fsp3) is 0.500. The highest BCUT2D eigenvalue weighted by Gasteiger charge is 2.09. The number of alkyl halides is 2. The molecule has 1 atom stereocenters. The number of hydrogen-bond acceptors (Lipinski definition) is 0. The van der Waals surface area contributed by atoms with Gasteiger partial charge in [0.05, 0.1) is 0 Å². The molecule has 0 aliphatic carbocycles. The van der Waals surface area contributed by atoms with Crippen LogP contribution in [0.15, 0.2) is 0 Å². The van der Waals surface area contributed by atoms with Gasteiger partial charge in [0, 0.05) is 0 Å². The Kier molecular flexibility index (Phi) is 4.78. The van der Waals surface area contributed by atoms with Gasteiger partial charge < -0.3 is 0 Å². The van der Waals surface area contributed by atoms with Crippen molar-refractivity contribution in [2.24, 2.45) is 0 Å². The molecule has 0 amide bonds. The largest absolute Gasteiger partial charge is 0.194 e. The van der Waals surface area contributed by atoms with E-state index in [1.807, 2.05) is 5.30 Å². The predicted octanol–water partition coefficient (Wildman–Crippen LogP) is 0.266. The van der Waals surface area contributed by atoms with E-state index < -0.39 is 8.11 Å². The molecule has 42 valence electrons. The van der Waals surface area contributed by atoms with Crippen molar-refractivity contribution in [1.29, 1.82) is 0 Å². The van der Waals surface area contributed by atoms with Crippen LogP contribution in [0.25, 0.3) is 0 Å². The molecule has 0 bridgehead atoms. The lowest BCUT2D eigenvalue weighted by molar-refractivity contribution is 1.92. The van der Waals surface area contributed by atoms with Crippen LogP contribution >= 0.6 is 34.3 Å². The third-order valence-electron chi connectivity index (χ3n) is 0.466. The van der Waals surface area contributed by atoms with Crippen molar-refractivity contribution in [3.63, 3.8) is 0 Å². The molecule has 0 N–H and O–H groups in total. The maximum atomic E-state index is 5.63. The van der Waals surface area contributed by atoms with E-state index in [0.717, 1.165) is 0 Å². The van der Waals surface area contributed by atoms with Crippen LogP contribution in [0.1, 0.15) is 0 Å². The lowest BCUT2D eigenvalue weighted by atomic mass is 11.8. The first kappa shape index (κ1) is 8.17. The van der Waals surface area contributed by atoms with Crippen molar-refractivity contribution >= 4 is 57.5 Å². The molecular weight excluding hydrogens is 187 g/mol. The zero-order chi connectivity index (χ0) is 5.86. The monoisotopic (exact) mass is 190 g/mol. The number of hydrogen-bond donors (Lipinski definition) is 0. The first-order valence-electron chi connectivity index (χ1n) is 1.73. The van der Waals surface area contributed by atoms with E-state index in [-0.39, 0.29) is 4.46 Å². The smallest absolute Gasteiger partial charge is 0.163 e. The number of rotatable bonds is 2. The van der Waals surface area contributed by atoms with Crippen molar-refractivity contribution in [3.05, 3.63) is 0 Å². The Balaban J connectivity index is 3.33. The summed E-state index contributed by atoms with van der Waals surface area (Å²) >= 11 is 16.4. The van der Waals surface area contributed by atoms with E-state index in [1.165, 1.54) is 0 Å². The first-order valence-corrected chi connectivity index (χ1v) is 6.50. The summed E-state index contributed by atoms with van der Waals surface area (Å²) in [6.45, 7) is 0. The molecule has 0 fully saturated rings. The van der Waals surface area contributed by atoms with E-state index >= 15 is 0 Å². The summed E-state index contributed by atoms with van der Waals surface area (Å²) in [4.78, 5) is 0. The zero-order valence-electron chi connectivity index (χ0n) is 3.57. The van der Waals surface area contributed by atoms with Gasteiger partial charge in [0.15, 0.2) is 8.11 Å². The molecule has 0 nitrogen and oxygen atoms in total. The van der Waals surface area contributed by atoms with Gasteiger partial charge in [-0.3, -0.25) is 0 Å². The van der Waals surface area contributed by atoms with E-state index in [0.29, 0.717) is 0 Å². The average molecular weight is 192 g/mol. The zero-order valence-corrected chi connectivity index (χ0v) is 8.41. The Bertz CT molecular complexity index is 64.0. The van der Waals surface area contributed by atoms with Crippen molar-refractivity contribution in [2.75, 3.05) is 0 Å². The van der Waals surface area contributed by atoms with Gasteiger partial charge in [-0.2, -0.15) is 11.1 Å². The molecule has 7 heavy (non-hydrogen) atoms. The first-order chi connectivity index (χ1) is 3.18. The topological polar surface area (TPSA) is 0 Å². The normalized spacial score (nSPS) is 14.3. The van der Waals surface area contributed by atoms with Crippen LogP contribution in [0.4, 0.5) is 0 Å². The fourth-order valence-electron chi connectivity index (χ4n) is 0.103. The van der Waals surface area contributed by atoms with Crippen LogP contribution in [0.2, 0.25) is 0 Å². The van der Waals surface area contributed by atoms with Gasteiger partial charge >= 0.3 is 0 Å². The Labute approximate surface area is 62.1 Å². The summed E-state index contributed by atoms with van der Waals surface area (Å²) in [5, 5.41) is 1.91. The maximum absolute atomic E-state index is 5.63. The van der Waals surface area contributed by atoms with Gasteiger partial charge in [0.2, 0.25) is 0 Å². The predicted molar refractivity (Wildman–Crippen MR) is 43.1 cm³/mol. The molecular formula is C2H5Cl3Si2. The Hall–Kier alpha value is 1.17. The van der Waals surface area contributed by atoms with Crippen molar-refractivity contribution in [1.82, 2.24) is 0 Å². The average Bonchev–Trinajstić information content (AvgIpc) is 1.65. The molecule has 0 saturated heterocycles. The summed E-state index contributed by atoms with van der Waals surface area (Å²) in [6.07, 6.45) is 0. The molecule has 0 spiro atoms. The lowest BCUT2D eigenvalue weighted by Gasteiger charge is -1.97. The van der Waals surface area contributed by atoms with Crippen LogP contribution in [-0.4, -0.2) is 27.7 Å². The Morgan fingerprint density at radius 1 is 1.57 bits per heavy atom. The highest BCUT2D eigenvalue weighted by molar-refractivity contribution is 7.29. The van der Waals surface area contributed by atoms with Gasteiger partial charge in [-0.1, -0.05) is 0 Å². The molecule has 0 aromatic carbocycles. The second-order valence-corrected chi connectivity index (χ2v) is 7.98. The molecule has 0 aromatic heterocycles. The standard InChI is InChI=1S/C2H5Cl3Si2/c3-2(4)7(5)1-6/h1-2,7H,6H2. The van der Waals surface area contributed by atoms with E-state index in [4.69, 9.17) is 34.3 Å². The summed E-state index contributed by atoms with van der Waals surface area (Å²) in [5.41, 5.74) is 0. The van der Waals surface area contributed by atoms with E-state index in [2.05, 4.69) is 0 Å². The molecule has 0 aliphatic rings. The lowest BCUT2D eigenvalue weighted by Crippen LogP contribution is -2.16. The SMILES string of the molecule is [SiH2]=C[SiH](Cl)C(Cl)Cl. The summed E-state index contributed by atoms with van der Waals surface area (Å²) in [7, 11) is 0.338. The van der Waals surface area contributed by atoms with Crippen LogP contribution in [0.5, 0.6) is 0 Å². The Morgan fingerprint density at radius 3 is 2.00 bits per heavy atom. The van der Waals surface area contributed by atoms with E-state index in [9.17, 15) is 0 Å². The third kappa shape index (κ3) is 3.73. The van der Waals surface area contributed by atoms with Crippen LogP contribution in [-0.2, 0) is 0 Å². The molecule has 0 rings (SSSR count). The molecule has 5 heteroatoms. The minimum atomic E-state index is -1.36. The van der Waals surface area contributed by atoms with Crippen LogP contribution in [0.3, 0.4) is 0 Å². The molecule has 0 heterocycles. The molecule has 0 aromatic rings. The van der Waals surface area contributed by atoms with Crippen molar-refractivity contribution < 1.29 is 0 Å². The second kappa shape index (κ2) is 4.09. The molecule has 1 unspecified atom stereocenters. The molecule has 0 radical (unpaired) electrons. The maximum Gasteiger partial charge on any atom is 0.194 e. The van der Waals surface area contributed by atoms with Crippen molar-refractivity contribution in [3.8, 4) is 0 Å². The summed E-state index contributed by atoms with van der Waals surface area (Å²) < 4.78 is -0.334. The van der Waals surface area contributed by atoms with Gasteiger partial charge in [-0.05, 0) is 9.85 Å². The minimum Gasteiger partial charge on any atom is -0.163 e.